The molecule has 7 nitrogen and oxygen atoms in total. The minimum atomic E-state index is 0.494. The summed E-state index contributed by atoms with van der Waals surface area (Å²) in [5.41, 5.74) is 3.03. The molecule has 4 aromatic rings. The Balaban J connectivity index is 1.54. The maximum atomic E-state index is 5.66. The van der Waals surface area contributed by atoms with Crippen LogP contribution in [0.15, 0.2) is 58.2 Å². The van der Waals surface area contributed by atoms with Gasteiger partial charge in [0.2, 0.25) is 11.7 Å². The van der Waals surface area contributed by atoms with Gasteiger partial charge in [-0.2, -0.15) is 4.98 Å². The van der Waals surface area contributed by atoms with Crippen molar-refractivity contribution in [3.8, 4) is 22.8 Å². The summed E-state index contributed by atoms with van der Waals surface area (Å²) in [6.07, 6.45) is 0. The summed E-state index contributed by atoms with van der Waals surface area (Å²) >= 11 is 1.51. The molecule has 0 aliphatic heterocycles. The average molecular weight is 407 g/mol. The second-order valence-corrected chi connectivity index (χ2v) is 7.32. The highest BCUT2D eigenvalue weighted by Crippen LogP contribution is 2.30. The lowest BCUT2D eigenvalue weighted by Gasteiger charge is -2.10. The fraction of sp³-hybridized carbons (Fsp3) is 0.238. The highest BCUT2D eigenvalue weighted by molar-refractivity contribution is 7.98. The molecule has 0 aliphatic rings. The maximum Gasteiger partial charge on any atom is 0.237 e. The molecule has 2 aromatic carbocycles. The number of benzene rings is 2. The van der Waals surface area contributed by atoms with Gasteiger partial charge in [-0.25, -0.2) is 0 Å². The molecule has 0 atom stereocenters. The first kappa shape index (κ1) is 19.2. The lowest BCUT2D eigenvalue weighted by atomic mass is 10.2. The normalized spacial score (nSPS) is 11.0. The summed E-state index contributed by atoms with van der Waals surface area (Å²) < 4.78 is 13.2. The number of hydrogen-bond acceptors (Lipinski definition) is 7. The van der Waals surface area contributed by atoms with Crippen LogP contribution in [0.4, 0.5) is 0 Å². The summed E-state index contributed by atoms with van der Waals surface area (Å²) in [4.78, 5) is 4.53. The molecule has 29 heavy (non-hydrogen) atoms. The molecule has 4 rings (SSSR count). The molecule has 0 aliphatic carbocycles. The van der Waals surface area contributed by atoms with Crippen LogP contribution in [0, 0.1) is 13.8 Å². The fourth-order valence-electron chi connectivity index (χ4n) is 3.01. The molecule has 0 saturated heterocycles. The Hall–Kier alpha value is -3.13. The Kier molecular flexibility index (Phi) is 5.62. The van der Waals surface area contributed by atoms with Crippen molar-refractivity contribution in [1.29, 1.82) is 0 Å². The first-order valence-corrected chi connectivity index (χ1v) is 10.3. The molecule has 0 amide bonds. The van der Waals surface area contributed by atoms with Crippen molar-refractivity contribution in [3.05, 3.63) is 65.8 Å². The number of thioether (sulfide) groups is 1. The van der Waals surface area contributed by atoms with Crippen molar-refractivity contribution < 1.29 is 9.26 Å². The number of para-hydroxylation sites is 2. The number of aromatic nitrogens is 5. The van der Waals surface area contributed by atoms with E-state index in [1.165, 1.54) is 11.8 Å². The molecule has 0 saturated carbocycles. The smallest absolute Gasteiger partial charge is 0.237 e. The number of ether oxygens (including phenoxy) is 1. The van der Waals surface area contributed by atoms with E-state index in [0.29, 0.717) is 24.1 Å². The largest absolute Gasteiger partial charge is 0.493 e. The Labute approximate surface area is 173 Å². The topological polar surface area (TPSA) is 78.9 Å². The predicted molar refractivity (Wildman–Crippen MR) is 111 cm³/mol. The quantitative estimate of drug-likeness (QED) is 0.413. The highest BCUT2D eigenvalue weighted by atomic mass is 32.2. The summed E-state index contributed by atoms with van der Waals surface area (Å²) in [7, 11) is 0. The molecular weight excluding hydrogens is 386 g/mol. The van der Waals surface area contributed by atoms with Crippen LogP contribution in [-0.4, -0.2) is 31.5 Å². The van der Waals surface area contributed by atoms with E-state index in [1.807, 2.05) is 54.8 Å². The number of hydrogen-bond donors (Lipinski definition) is 0. The van der Waals surface area contributed by atoms with Crippen LogP contribution in [-0.2, 0) is 5.75 Å². The standard InChI is InChI=1S/C21H21N5O2S/c1-4-27-18-12-8-6-10-16(18)20-22-19(28-25-20)13-29-21-24-23-15(3)26(21)17-11-7-5-9-14(17)2/h5-12H,4,13H2,1-3H3. The van der Waals surface area contributed by atoms with Crippen molar-refractivity contribution in [2.45, 2.75) is 31.7 Å². The summed E-state index contributed by atoms with van der Waals surface area (Å²) in [6, 6.07) is 15.8. The molecule has 0 fully saturated rings. The molecule has 2 heterocycles. The van der Waals surface area contributed by atoms with Gasteiger partial charge >= 0.3 is 0 Å². The predicted octanol–water partition coefficient (Wildman–Crippen LogP) is 4.63. The zero-order valence-electron chi connectivity index (χ0n) is 16.5. The van der Waals surface area contributed by atoms with Gasteiger partial charge in [0.25, 0.3) is 0 Å². The average Bonchev–Trinajstić information content (AvgIpc) is 3.34. The number of aryl methyl sites for hydroxylation is 2. The molecule has 8 heteroatoms. The van der Waals surface area contributed by atoms with Gasteiger partial charge in [0.15, 0.2) is 5.16 Å². The third kappa shape index (κ3) is 4.02. The molecule has 0 spiro atoms. The lowest BCUT2D eigenvalue weighted by Crippen LogP contribution is -2.01. The number of nitrogens with zero attached hydrogens (tertiary/aromatic N) is 5. The molecule has 148 valence electrons. The van der Waals surface area contributed by atoms with E-state index < -0.39 is 0 Å². The Bertz CT molecular complexity index is 1120. The summed E-state index contributed by atoms with van der Waals surface area (Å²) in [5, 5.41) is 13.5. The van der Waals surface area contributed by atoms with Crippen LogP contribution < -0.4 is 4.74 Å². The number of rotatable bonds is 7. The second kappa shape index (κ2) is 8.48. The zero-order chi connectivity index (χ0) is 20.2. The maximum absolute atomic E-state index is 5.66. The monoisotopic (exact) mass is 407 g/mol. The van der Waals surface area contributed by atoms with Crippen molar-refractivity contribution in [3.63, 3.8) is 0 Å². The first-order valence-electron chi connectivity index (χ1n) is 9.33. The van der Waals surface area contributed by atoms with Gasteiger partial charge < -0.3 is 9.26 Å². The first-order chi connectivity index (χ1) is 14.2. The van der Waals surface area contributed by atoms with Crippen molar-refractivity contribution >= 4 is 11.8 Å². The van der Waals surface area contributed by atoms with E-state index in [0.717, 1.165) is 33.5 Å². The Morgan fingerprint density at radius 2 is 1.83 bits per heavy atom. The lowest BCUT2D eigenvalue weighted by molar-refractivity contribution is 0.341. The van der Waals surface area contributed by atoms with Crippen LogP contribution in [0.2, 0.25) is 0 Å². The van der Waals surface area contributed by atoms with E-state index in [4.69, 9.17) is 9.26 Å². The third-order valence-corrected chi connectivity index (χ3v) is 5.29. The van der Waals surface area contributed by atoms with Gasteiger partial charge in [0, 0.05) is 0 Å². The molecule has 0 radical (unpaired) electrons. The van der Waals surface area contributed by atoms with Crippen LogP contribution in [0.3, 0.4) is 0 Å². The third-order valence-electron chi connectivity index (χ3n) is 4.37. The highest BCUT2D eigenvalue weighted by Gasteiger charge is 2.17. The van der Waals surface area contributed by atoms with E-state index in [1.54, 1.807) is 0 Å². The van der Waals surface area contributed by atoms with Gasteiger partial charge in [0.1, 0.15) is 11.6 Å². The molecule has 0 unspecified atom stereocenters. The van der Waals surface area contributed by atoms with Crippen molar-refractivity contribution in [1.82, 2.24) is 24.9 Å². The van der Waals surface area contributed by atoms with Crippen LogP contribution in [0.25, 0.3) is 17.1 Å². The molecule has 0 bridgehead atoms. The van der Waals surface area contributed by atoms with Crippen LogP contribution in [0.1, 0.15) is 24.2 Å². The molecular formula is C21H21N5O2S. The second-order valence-electron chi connectivity index (χ2n) is 6.38. The van der Waals surface area contributed by atoms with E-state index in [2.05, 4.69) is 39.4 Å². The summed E-state index contributed by atoms with van der Waals surface area (Å²) in [6.45, 7) is 6.54. The Morgan fingerprint density at radius 1 is 1.03 bits per heavy atom. The van der Waals surface area contributed by atoms with Gasteiger partial charge in [-0.1, -0.05) is 47.3 Å². The van der Waals surface area contributed by atoms with Gasteiger partial charge in [-0.05, 0) is 44.5 Å². The molecule has 0 N–H and O–H groups in total. The SMILES string of the molecule is CCOc1ccccc1-c1noc(CSc2nnc(C)n2-c2ccccc2C)n1. The van der Waals surface area contributed by atoms with Crippen molar-refractivity contribution in [2.24, 2.45) is 0 Å². The Morgan fingerprint density at radius 3 is 2.66 bits per heavy atom. The van der Waals surface area contributed by atoms with Crippen LogP contribution in [0.5, 0.6) is 5.75 Å². The summed E-state index contributed by atoms with van der Waals surface area (Å²) in [5.74, 6) is 3.10. The van der Waals surface area contributed by atoms with Gasteiger partial charge in [0.05, 0.1) is 23.6 Å². The van der Waals surface area contributed by atoms with Gasteiger partial charge in [-0.15, -0.1) is 10.2 Å². The van der Waals surface area contributed by atoms with E-state index in [9.17, 15) is 0 Å². The van der Waals surface area contributed by atoms with E-state index in [-0.39, 0.29) is 0 Å². The van der Waals surface area contributed by atoms with Gasteiger partial charge in [-0.3, -0.25) is 4.57 Å². The minimum absolute atomic E-state index is 0.494. The zero-order valence-corrected chi connectivity index (χ0v) is 17.3. The fourth-order valence-corrected chi connectivity index (χ4v) is 3.84. The van der Waals surface area contributed by atoms with E-state index >= 15 is 0 Å². The molecule has 2 aromatic heterocycles. The minimum Gasteiger partial charge on any atom is -0.493 e. The van der Waals surface area contributed by atoms with Crippen molar-refractivity contribution in [2.75, 3.05) is 6.61 Å². The van der Waals surface area contributed by atoms with Crippen LogP contribution >= 0.6 is 11.8 Å².